The standard InChI is InChI=1S/C24H20Cl2N4O2/c1-2-29(14-22(31)28-23-18(25)6-5-7-19(23)26)24(32)16-10-12-17(13-11-16)30-15-27-20-8-3-4-9-21(20)30/h3-13,15H,2,14H2,1H3,(H,28,31). The van der Waals surface area contributed by atoms with Gasteiger partial charge in [0.2, 0.25) is 5.91 Å². The molecule has 4 rings (SSSR count). The van der Waals surface area contributed by atoms with Crippen LogP contribution in [-0.2, 0) is 4.79 Å². The molecule has 0 atom stereocenters. The van der Waals surface area contributed by atoms with Crippen molar-refractivity contribution in [2.75, 3.05) is 18.4 Å². The average molecular weight is 467 g/mol. The normalized spacial score (nSPS) is 10.8. The van der Waals surface area contributed by atoms with Gasteiger partial charge in [0.1, 0.15) is 12.9 Å². The number of hydrogen-bond donors (Lipinski definition) is 1. The number of para-hydroxylation sites is 3. The van der Waals surface area contributed by atoms with Gasteiger partial charge < -0.3 is 10.2 Å². The van der Waals surface area contributed by atoms with Crippen molar-refractivity contribution in [3.8, 4) is 5.69 Å². The van der Waals surface area contributed by atoms with Crippen molar-refractivity contribution in [2.24, 2.45) is 0 Å². The van der Waals surface area contributed by atoms with Crippen molar-refractivity contribution in [1.82, 2.24) is 14.5 Å². The van der Waals surface area contributed by atoms with Gasteiger partial charge in [-0.1, -0.05) is 41.4 Å². The zero-order valence-electron chi connectivity index (χ0n) is 17.3. The Bertz CT molecular complexity index is 1260. The summed E-state index contributed by atoms with van der Waals surface area (Å²) in [5, 5.41) is 3.36. The highest BCUT2D eigenvalue weighted by atomic mass is 35.5. The smallest absolute Gasteiger partial charge is 0.254 e. The number of hydrogen-bond acceptors (Lipinski definition) is 3. The maximum absolute atomic E-state index is 13.0. The molecule has 4 aromatic rings. The van der Waals surface area contributed by atoms with Gasteiger partial charge in [0.05, 0.1) is 26.8 Å². The molecule has 0 aliphatic rings. The van der Waals surface area contributed by atoms with E-state index in [9.17, 15) is 9.59 Å². The highest BCUT2D eigenvalue weighted by molar-refractivity contribution is 6.39. The SMILES string of the molecule is CCN(CC(=O)Nc1c(Cl)cccc1Cl)C(=O)c1ccc(-n2cnc3ccccc32)cc1. The summed E-state index contributed by atoms with van der Waals surface area (Å²) >= 11 is 12.2. The van der Waals surface area contributed by atoms with E-state index in [2.05, 4.69) is 10.3 Å². The monoisotopic (exact) mass is 466 g/mol. The summed E-state index contributed by atoms with van der Waals surface area (Å²) in [6, 6.07) is 20.0. The molecule has 2 amide bonds. The summed E-state index contributed by atoms with van der Waals surface area (Å²) < 4.78 is 1.96. The molecule has 0 unspecified atom stereocenters. The van der Waals surface area contributed by atoms with Crippen LogP contribution in [-0.4, -0.2) is 39.4 Å². The maximum atomic E-state index is 13.0. The molecule has 0 aliphatic carbocycles. The van der Waals surface area contributed by atoms with E-state index in [-0.39, 0.29) is 18.4 Å². The van der Waals surface area contributed by atoms with E-state index in [1.807, 2.05) is 47.9 Å². The van der Waals surface area contributed by atoms with E-state index >= 15 is 0 Å². The molecule has 0 bridgehead atoms. The van der Waals surface area contributed by atoms with Crippen LogP contribution < -0.4 is 5.32 Å². The lowest BCUT2D eigenvalue weighted by Gasteiger charge is -2.21. The molecule has 1 heterocycles. The average Bonchev–Trinajstić information content (AvgIpc) is 3.24. The first-order chi connectivity index (χ1) is 15.5. The third-order valence-corrected chi connectivity index (χ3v) is 5.71. The minimum Gasteiger partial charge on any atom is -0.330 e. The van der Waals surface area contributed by atoms with Crippen molar-refractivity contribution < 1.29 is 9.59 Å². The Morgan fingerprint density at radius 3 is 2.34 bits per heavy atom. The Kier molecular flexibility index (Phi) is 6.44. The second kappa shape index (κ2) is 9.42. The summed E-state index contributed by atoms with van der Waals surface area (Å²) in [5.74, 6) is -0.619. The van der Waals surface area contributed by atoms with Gasteiger partial charge in [-0.3, -0.25) is 14.2 Å². The van der Waals surface area contributed by atoms with Gasteiger partial charge >= 0.3 is 0 Å². The molecular formula is C24H20Cl2N4O2. The van der Waals surface area contributed by atoms with E-state index in [0.717, 1.165) is 16.7 Å². The predicted octanol–water partition coefficient (Wildman–Crippen LogP) is 5.43. The fraction of sp³-hybridized carbons (Fsp3) is 0.125. The quantitative estimate of drug-likeness (QED) is 0.411. The van der Waals surface area contributed by atoms with Gasteiger partial charge in [-0.2, -0.15) is 0 Å². The Labute approximate surface area is 195 Å². The minimum atomic E-state index is -0.378. The Balaban J connectivity index is 1.48. The van der Waals surface area contributed by atoms with E-state index in [4.69, 9.17) is 23.2 Å². The molecule has 162 valence electrons. The van der Waals surface area contributed by atoms with Crippen LogP contribution in [0.2, 0.25) is 10.0 Å². The van der Waals surface area contributed by atoms with Gasteiger partial charge in [-0.25, -0.2) is 4.98 Å². The van der Waals surface area contributed by atoms with Gasteiger partial charge in [0.25, 0.3) is 5.91 Å². The van der Waals surface area contributed by atoms with E-state index < -0.39 is 0 Å². The molecule has 1 N–H and O–H groups in total. The first kappa shape index (κ1) is 21.9. The Morgan fingerprint density at radius 1 is 0.969 bits per heavy atom. The largest absolute Gasteiger partial charge is 0.330 e. The zero-order valence-corrected chi connectivity index (χ0v) is 18.8. The minimum absolute atomic E-state index is 0.120. The summed E-state index contributed by atoms with van der Waals surface area (Å²) in [7, 11) is 0. The zero-order chi connectivity index (χ0) is 22.7. The second-order valence-electron chi connectivity index (χ2n) is 7.11. The molecule has 0 spiro atoms. The lowest BCUT2D eigenvalue weighted by Crippen LogP contribution is -2.37. The molecule has 6 nitrogen and oxygen atoms in total. The number of fused-ring (bicyclic) bond motifs is 1. The number of rotatable bonds is 6. The third kappa shape index (κ3) is 4.47. The van der Waals surface area contributed by atoms with Crippen molar-refractivity contribution in [2.45, 2.75) is 6.92 Å². The number of benzene rings is 3. The van der Waals surface area contributed by atoms with E-state index in [1.54, 1.807) is 36.7 Å². The fourth-order valence-electron chi connectivity index (χ4n) is 3.41. The molecular weight excluding hydrogens is 447 g/mol. The first-order valence-electron chi connectivity index (χ1n) is 10.0. The number of nitrogens with one attached hydrogen (secondary N) is 1. The summed E-state index contributed by atoms with van der Waals surface area (Å²) in [6.07, 6.45) is 1.75. The molecule has 8 heteroatoms. The van der Waals surface area contributed by atoms with Gasteiger partial charge in [-0.15, -0.1) is 0 Å². The third-order valence-electron chi connectivity index (χ3n) is 5.08. The Morgan fingerprint density at radius 2 is 1.66 bits per heavy atom. The lowest BCUT2D eigenvalue weighted by molar-refractivity contribution is -0.116. The van der Waals surface area contributed by atoms with Crippen LogP contribution in [0.15, 0.2) is 73.1 Å². The molecule has 1 aromatic heterocycles. The number of imidazole rings is 1. The highest BCUT2D eigenvalue weighted by Gasteiger charge is 2.19. The molecule has 0 radical (unpaired) electrons. The van der Waals surface area contributed by atoms with Crippen LogP contribution in [0.4, 0.5) is 5.69 Å². The van der Waals surface area contributed by atoms with Crippen molar-refractivity contribution in [3.63, 3.8) is 0 Å². The number of likely N-dealkylation sites (N-methyl/N-ethyl adjacent to an activating group) is 1. The molecule has 0 saturated carbocycles. The van der Waals surface area contributed by atoms with Crippen LogP contribution in [0.3, 0.4) is 0 Å². The van der Waals surface area contributed by atoms with Crippen LogP contribution in [0.25, 0.3) is 16.7 Å². The lowest BCUT2D eigenvalue weighted by atomic mass is 10.1. The van der Waals surface area contributed by atoms with Gasteiger partial charge in [0.15, 0.2) is 0 Å². The molecule has 0 aliphatic heterocycles. The first-order valence-corrected chi connectivity index (χ1v) is 10.8. The number of amides is 2. The van der Waals surface area contributed by atoms with Crippen LogP contribution in [0.5, 0.6) is 0 Å². The number of anilines is 1. The highest BCUT2D eigenvalue weighted by Crippen LogP contribution is 2.29. The number of carbonyl (C=O) groups excluding carboxylic acids is 2. The van der Waals surface area contributed by atoms with Gasteiger partial charge in [-0.05, 0) is 55.5 Å². The van der Waals surface area contributed by atoms with E-state index in [1.165, 1.54) is 4.90 Å². The van der Waals surface area contributed by atoms with Crippen LogP contribution in [0, 0.1) is 0 Å². The molecule has 0 saturated heterocycles. The van der Waals surface area contributed by atoms with Crippen molar-refractivity contribution >= 4 is 51.7 Å². The fourth-order valence-corrected chi connectivity index (χ4v) is 3.90. The molecule has 0 fully saturated rings. The maximum Gasteiger partial charge on any atom is 0.254 e. The Hall–Kier alpha value is -3.35. The summed E-state index contributed by atoms with van der Waals surface area (Å²) in [6.45, 7) is 2.07. The number of halogens is 2. The number of aromatic nitrogens is 2. The number of carbonyl (C=O) groups is 2. The summed E-state index contributed by atoms with van der Waals surface area (Å²) in [4.78, 5) is 31.4. The topological polar surface area (TPSA) is 67.2 Å². The van der Waals surface area contributed by atoms with Gasteiger partial charge in [0, 0.05) is 17.8 Å². The second-order valence-corrected chi connectivity index (χ2v) is 7.93. The van der Waals surface area contributed by atoms with Crippen LogP contribution in [0.1, 0.15) is 17.3 Å². The van der Waals surface area contributed by atoms with Crippen LogP contribution >= 0.6 is 23.2 Å². The molecule has 3 aromatic carbocycles. The predicted molar refractivity (Wildman–Crippen MR) is 128 cm³/mol. The van der Waals surface area contributed by atoms with Crippen molar-refractivity contribution in [1.29, 1.82) is 0 Å². The summed E-state index contributed by atoms with van der Waals surface area (Å²) in [5.41, 5.74) is 3.60. The van der Waals surface area contributed by atoms with Crippen molar-refractivity contribution in [3.05, 3.63) is 88.7 Å². The van der Waals surface area contributed by atoms with E-state index in [0.29, 0.717) is 27.8 Å². The number of nitrogens with zero attached hydrogens (tertiary/aromatic N) is 3. The molecule has 32 heavy (non-hydrogen) atoms.